The molecule has 0 radical (unpaired) electrons. The number of rotatable bonds is 1. The molecule has 0 amide bonds. The molecule has 2 heterocycles. The lowest BCUT2D eigenvalue weighted by atomic mass is 9.77. The molecule has 0 aliphatic carbocycles. The van der Waals surface area contributed by atoms with Gasteiger partial charge < -0.3 is 10.6 Å². The summed E-state index contributed by atoms with van der Waals surface area (Å²) >= 11 is 0. The van der Waals surface area contributed by atoms with Crippen LogP contribution in [0.2, 0.25) is 0 Å². The van der Waals surface area contributed by atoms with Crippen LogP contribution >= 0.6 is 0 Å². The summed E-state index contributed by atoms with van der Waals surface area (Å²) in [7, 11) is 0. The molecule has 2 nitrogen and oxygen atoms in total. The number of fused-ring (bicyclic) bond motifs is 1. The van der Waals surface area contributed by atoms with E-state index in [1.54, 1.807) is 0 Å². The fourth-order valence-corrected chi connectivity index (χ4v) is 3.03. The van der Waals surface area contributed by atoms with Crippen molar-refractivity contribution in [3.63, 3.8) is 0 Å². The maximum Gasteiger partial charge on any atom is 0.0747 e. The second kappa shape index (κ2) is 4.29. The van der Waals surface area contributed by atoms with Crippen molar-refractivity contribution in [1.29, 1.82) is 0 Å². The third-order valence-corrected chi connectivity index (χ3v) is 4.33. The zero-order valence-corrected chi connectivity index (χ0v) is 11.0. The number of dihydropyridines is 1. The van der Waals surface area contributed by atoms with Crippen molar-refractivity contribution in [2.45, 2.75) is 31.8 Å². The van der Waals surface area contributed by atoms with Crippen LogP contribution in [0, 0.1) is 0 Å². The minimum absolute atomic E-state index is 0.0364. The number of hydrogen-bond donors (Lipinski definition) is 2. The Kier molecular flexibility index (Phi) is 2.75. The summed E-state index contributed by atoms with van der Waals surface area (Å²) in [5.41, 5.74) is 4.25. The number of benzene rings is 1. The highest BCUT2D eigenvalue weighted by Gasteiger charge is 2.38. The molecule has 2 N–H and O–H groups in total. The van der Waals surface area contributed by atoms with Crippen molar-refractivity contribution in [2.75, 3.05) is 6.54 Å². The molecule has 2 heteroatoms. The smallest absolute Gasteiger partial charge is 0.0747 e. The van der Waals surface area contributed by atoms with Crippen molar-refractivity contribution >= 4 is 0 Å². The monoisotopic (exact) mass is 240 g/mol. The molecule has 1 aromatic rings. The maximum atomic E-state index is 3.68. The summed E-state index contributed by atoms with van der Waals surface area (Å²) in [6.07, 6.45) is 7.45. The molecule has 2 atom stereocenters. The van der Waals surface area contributed by atoms with E-state index in [2.05, 4.69) is 60.9 Å². The van der Waals surface area contributed by atoms with Gasteiger partial charge in [0.1, 0.15) is 0 Å². The number of allylic oxidation sites excluding steroid dienone is 2. The number of hydrogen-bond acceptors (Lipinski definition) is 2. The predicted molar refractivity (Wildman–Crippen MR) is 75.3 cm³/mol. The summed E-state index contributed by atoms with van der Waals surface area (Å²) in [4.78, 5) is 0. The topological polar surface area (TPSA) is 24.1 Å². The van der Waals surface area contributed by atoms with Crippen LogP contribution in [0.1, 0.15) is 31.0 Å². The van der Waals surface area contributed by atoms with Crippen LogP contribution in [-0.2, 0) is 6.42 Å². The highest BCUT2D eigenvalue weighted by molar-refractivity contribution is 5.40. The van der Waals surface area contributed by atoms with Gasteiger partial charge in [0.25, 0.3) is 0 Å². The van der Waals surface area contributed by atoms with E-state index in [9.17, 15) is 0 Å². The Morgan fingerprint density at radius 1 is 1.28 bits per heavy atom. The lowest BCUT2D eigenvalue weighted by molar-refractivity contribution is 0.314. The SMILES string of the molecule is CC1=CC=CNC1(C)C1NCCc2ccccc21. The van der Waals surface area contributed by atoms with E-state index in [1.807, 2.05) is 6.20 Å². The summed E-state index contributed by atoms with van der Waals surface area (Å²) in [6.45, 7) is 5.54. The largest absolute Gasteiger partial charge is 0.380 e. The first kappa shape index (κ1) is 11.5. The molecule has 0 bridgehead atoms. The summed E-state index contributed by atoms with van der Waals surface area (Å²) in [5, 5.41) is 7.22. The molecule has 0 spiro atoms. The van der Waals surface area contributed by atoms with Gasteiger partial charge in [0.05, 0.1) is 11.6 Å². The Balaban J connectivity index is 2.04. The van der Waals surface area contributed by atoms with Crippen molar-refractivity contribution in [3.05, 3.63) is 59.3 Å². The van der Waals surface area contributed by atoms with Crippen LogP contribution in [0.3, 0.4) is 0 Å². The Bertz CT molecular complexity index is 516. The van der Waals surface area contributed by atoms with Gasteiger partial charge in [-0.05, 0) is 55.8 Å². The van der Waals surface area contributed by atoms with E-state index in [1.165, 1.54) is 16.7 Å². The average Bonchev–Trinajstić information content (AvgIpc) is 2.41. The van der Waals surface area contributed by atoms with Crippen LogP contribution in [0.25, 0.3) is 0 Å². The Hall–Kier alpha value is -1.54. The average molecular weight is 240 g/mol. The van der Waals surface area contributed by atoms with Crippen LogP contribution < -0.4 is 10.6 Å². The van der Waals surface area contributed by atoms with Gasteiger partial charge in [-0.15, -0.1) is 0 Å². The highest BCUT2D eigenvalue weighted by Crippen LogP contribution is 2.36. The van der Waals surface area contributed by atoms with Crippen molar-refractivity contribution in [1.82, 2.24) is 10.6 Å². The normalized spacial score (nSPS) is 30.3. The molecular weight excluding hydrogens is 220 g/mol. The van der Waals surface area contributed by atoms with Gasteiger partial charge in [-0.25, -0.2) is 0 Å². The van der Waals surface area contributed by atoms with Crippen molar-refractivity contribution in [3.8, 4) is 0 Å². The predicted octanol–water partition coefficient (Wildman–Crippen LogP) is 2.70. The molecule has 0 fully saturated rings. The standard InChI is InChI=1S/C16H20N2/c1-12-6-5-10-18-16(12,2)15-14-8-4-3-7-13(14)9-11-17-15/h3-8,10,15,17-18H,9,11H2,1-2H3. The molecule has 0 saturated heterocycles. The minimum Gasteiger partial charge on any atom is -0.380 e. The van der Waals surface area contributed by atoms with Crippen LogP contribution in [0.15, 0.2) is 48.2 Å². The fraction of sp³-hybridized carbons (Fsp3) is 0.375. The van der Waals surface area contributed by atoms with E-state index in [0.29, 0.717) is 6.04 Å². The Morgan fingerprint density at radius 2 is 2.11 bits per heavy atom. The van der Waals surface area contributed by atoms with Gasteiger partial charge in [0, 0.05) is 0 Å². The van der Waals surface area contributed by atoms with Gasteiger partial charge in [0.2, 0.25) is 0 Å². The van der Waals surface area contributed by atoms with E-state index < -0.39 is 0 Å². The van der Waals surface area contributed by atoms with E-state index in [-0.39, 0.29) is 5.54 Å². The second-order valence-electron chi connectivity index (χ2n) is 5.39. The first-order chi connectivity index (χ1) is 8.72. The first-order valence-electron chi connectivity index (χ1n) is 6.64. The molecule has 18 heavy (non-hydrogen) atoms. The van der Waals surface area contributed by atoms with E-state index in [4.69, 9.17) is 0 Å². The highest BCUT2D eigenvalue weighted by atomic mass is 15.1. The van der Waals surface area contributed by atoms with Gasteiger partial charge in [-0.3, -0.25) is 0 Å². The van der Waals surface area contributed by atoms with Gasteiger partial charge in [-0.2, -0.15) is 0 Å². The van der Waals surface area contributed by atoms with E-state index >= 15 is 0 Å². The van der Waals surface area contributed by atoms with Crippen molar-refractivity contribution < 1.29 is 0 Å². The zero-order chi connectivity index (χ0) is 12.6. The molecule has 2 unspecified atom stereocenters. The summed E-state index contributed by atoms with van der Waals surface area (Å²) in [5.74, 6) is 0. The summed E-state index contributed by atoms with van der Waals surface area (Å²) < 4.78 is 0. The lowest BCUT2D eigenvalue weighted by Gasteiger charge is -2.44. The molecule has 1 aromatic carbocycles. The quantitative estimate of drug-likeness (QED) is 0.788. The second-order valence-corrected chi connectivity index (χ2v) is 5.39. The third-order valence-electron chi connectivity index (χ3n) is 4.33. The van der Waals surface area contributed by atoms with Crippen molar-refractivity contribution in [2.24, 2.45) is 0 Å². The molecule has 2 aliphatic rings. The fourth-order valence-electron chi connectivity index (χ4n) is 3.03. The minimum atomic E-state index is -0.0364. The molecule has 3 rings (SSSR count). The number of nitrogens with one attached hydrogen (secondary N) is 2. The Labute approximate surface area is 109 Å². The molecule has 0 aromatic heterocycles. The third kappa shape index (κ3) is 1.68. The molecule has 0 saturated carbocycles. The van der Waals surface area contributed by atoms with E-state index in [0.717, 1.165) is 13.0 Å². The van der Waals surface area contributed by atoms with Gasteiger partial charge in [-0.1, -0.05) is 30.3 Å². The Morgan fingerprint density at radius 3 is 2.94 bits per heavy atom. The van der Waals surface area contributed by atoms with Crippen LogP contribution in [0.4, 0.5) is 0 Å². The van der Waals surface area contributed by atoms with Gasteiger partial charge in [0.15, 0.2) is 0 Å². The molecule has 94 valence electrons. The van der Waals surface area contributed by atoms with Crippen LogP contribution in [-0.4, -0.2) is 12.1 Å². The first-order valence-corrected chi connectivity index (χ1v) is 6.64. The lowest BCUT2D eigenvalue weighted by Crippen LogP contribution is -2.54. The van der Waals surface area contributed by atoms with Gasteiger partial charge >= 0.3 is 0 Å². The summed E-state index contributed by atoms with van der Waals surface area (Å²) in [6, 6.07) is 9.12. The maximum absolute atomic E-state index is 3.68. The molecular formula is C16H20N2. The molecule has 2 aliphatic heterocycles. The van der Waals surface area contributed by atoms with Crippen LogP contribution in [0.5, 0.6) is 0 Å². The zero-order valence-electron chi connectivity index (χ0n) is 11.0.